The molecule has 1 aromatic heterocycles. The molecule has 0 aliphatic rings. The molecule has 0 saturated carbocycles. The van der Waals surface area contributed by atoms with Crippen molar-refractivity contribution in [3.8, 4) is 16.3 Å². The predicted molar refractivity (Wildman–Crippen MR) is 71.5 cm³/mol. The van der Waals surface area contributed by atoms with Gasteiger partial charge in [0.15, 0.2) is 0 Å². The molecule has 0 aliphatic carbocycles. The van der Waals surface area contributed by atoms with Crippen molar-refractivity contribution in [2.45, 2.75) is 13.0 Å². The summed E-state index contributed by atoms with van der Waals surface area (Å²) in [6, 6.07) is 4.93. The van der Waals surface area contributed by atoms with Crippen molar-refractivity contribution in [1.29, 1.82) is 0 Å². The molecule has 1 heterocycles. The van der Waals surface area contributed by atoms with Crippen molar-refractivity contribution in [3.05, 3.63) is 35.1 Å². The van der Waals surface area contributed by atoms with E-state index in [2.05, 4.69) is 10.3 Å². The summed E-state index contributed by atoms with van der Waals surface area (Å²) in [6.45, 7) is 2.01. The number of nitrogens with one attached hydrogen (secondary N) is 1. The lowest BCUT2D eigenvalue weighted by atomic mass is 10.2. The van der Waals surface area contributed by atoms with Crippen LogP contribution in [0.3, 0.4) is 0 Å². The number of hydrogen-bond donors (Lipinski definition) is 1. The fourth-order valence-electron chi connectivity index (χ4n) is 1.63. The highest BCUT2D eigenvalue weighted by molar-refractivity contribution is 7.13. The molecule has 5 heteroatoms. The molecule has 2 aromatic rings. The Labute approximate surface area is 110 Å². The van der Waals surface area contributed by atoms with Crippen LogP contribution in [0, 0.1) is 5.82 Å². The van der Waals surface area contributed by atoms with Crippen LogP contribution >= 0.6 is 11.3 Å². The largest absolute Gasteiger partial charge is 0.496 e. The van der Waals surface area contributed by atoms with E-state index < -0.39 is 0 Å². The van der Waals surface area contributed by atoms with Gasteiger partial charge in [0, 0.05) is 11.4 Å². The third kappa shape index (κ3) is 2.37. The van der Waals surface area contributed by atoms with E-state index in [1.807, 2.05) is 19.4 Å². The lowest BCUT2D eigenvalue weighted by Crippen LogP contribution is -2.12. The van der Waals surface area contributed by atoms with E-state index in [0.29, 0.717) is 16.3 Å². The lowest BCUT2D eigenvalue weighted by Gasteiger charge is -2.07. The van der Waals surface area contributed by atoms with E-state index in [0.717, 1.165) is 5.69 Å². The van der Waals surface area contributed by atoms with Crippen molar-refractivity contribution in [3.63, 3.8) is 0 Å². The van der Waals surface area contributed by atoms with Crippen LogP contribution in [-0.4, -0.2) is 19.1 Å². The highest BCUT2D eigenvalue weighted by Crippen LogP contribution is 2.35. The summed E-state index contributed by atoms with van der Waals surface area (Å²) in [5.41, 5.74) is 1.34. The quantitative estimate of drug-likeness (QED) is 0.922. The summed E-state index contributed by atoms with van der Waals surface area (Å²) in [5.74, 6) is 0.195. The molecule has 0 spiro atoms. The maximum atomic E-state index is 13.9. The van der Waals surface area contributed by atoms with Crippen LogP contribution in [0.25, 0.3) is 10.6 Å². The molecule has 2 rings (SSSR count). The van der Waals surface area contributed by atoms with E-state index in [1.165, 1.54) is 24.5 Å². The first kappa shape index (κ1) is 13.0. The monoisotopic (exact) mass is 266 g/mol. The minimum Gasteiger partial charge on any atom is -0.496 e. The molecular weight excluding hydrogens is 251 g/mol. The summed E-state index contributed by atoms with van der Waals surface area (Å²) in [4.78, 5) is 4.46. The van der Waals surface area contributed by atoms with E-state index in [-0.39, 0.29) is 11.9 Å². The number of halogens is 1. The SMILES string of the molecule is CNC(C)c1csc(-c2c(F)cccc2OC)n1. The first-order valence-electron chi connectivity index (χ1n) is 5.63. The summed E-state index contributed by atoms with van der Waals surface area (Å²) in [6.07, 6.45) is 0. The molecule has 0 aliphatic heterocycles. The zero-order valence-corrected chi connectivity index (χ0v) is 11.3. The van der Waals surface area contributed by atoms with Crippen LogP contribution in [0.1, 0.15) is 18.7 Å². The second-order valence-electron chi connectivity index (χ2n) is 3.90. The molecule has 18 heavy (non-hydrogen) atoms. The molecule has 96 valence electrons. The standard InChI is InChI=1S/C13H15FN2OS/c1-8(15-2)10-7-18-13(16-10)12-9(14)5-4-6-11(12)17-3/h4-8,15H,1-3H3. The van der Waals surface area contributed by atoms with Gasteiger partial charge in [0.25, 0.3) is 0 Å². The van der Waals surface area contributed by atoms with Gasteiger partial charge in [-0.1, -0.05) is 6.07 Å². The van der Waals surface area contributed by atoms with Crippen molar-refractivity contribution in [2.24, 2.45) is 0 Å². The zero-order chi connectivity index (χ0) is 13.1. The molecule has 1 atom stereocenters. The maximum Gasteiger partial charge on any atom is 0.137 e. The van der Waals surface area contributed by atoms with Gasteiger partial charge in [-0.05, 0) is 26.1 Å². The first-order chi connectivity index (χ1) is 8.67. The number of aromatic nitrogens is 1. The minimum atomic E-state index is -0.313. The number of benzene rings is 1. The smallest absolute Gasteiger partial charge is 0.137 e. The number of nitrogens with zero attached hydrogens (tertiary/aromatic N) is 1. The van der Waals surface area contributed by atoms with Crippen LogP contribution in [0.4, 0.5) is 4.39 Å². The molecule has 0 amide bonds. The number of thiazole rings is 1. The van der Waals surface area contributed by atoms with Crippen molar-refractivity contribution >= 4 is 11.3 Å². The van der Waals surface area contributed by atoms with Crippen molar-refractivity contribution in [1.82, 2.24) is 10.3 Å². The summed E-state index contributed by atoms with van der Waals surface area (Å²) in [5, 5.41) is 5.68. The van der Waals surface area contributed by atoms with Gasteiger partial charge in [-0.15, -0.1) is 11.3 Å². The topological polar surface area (TPSA) is 34.1 Å². The molecule has 0 saturated heterocycles. The van der Waals surface area contributed by atoms with Gasteiger partial charge < -0.3 is 10.1 Å². The van der Waals surface area contributed by atoms with Crippen LogP contribution in [0.15, 0.2) is 23.6 Å². The Bertz CT molecular complexity index is 542. The zero-order valence-electron chi connectivity index (χ0n) is 10.5. The van der Waals surface area contributed by atoms with Gasteiger partial charge in [0.05, 0.1) is 18.4 Å². The second-order valence-corrected chi connectivity index (χ2v) is 4.76. The normalized spacial score (nSPS) is 12.4. The minimum absolute atomic E-state index is 0.146. The van der Waals surface area contributed by atoms with Crippen LogP contribution < -0.4 is 10.1 Å². The van der Waals surface area contributed by atoms with Gasteiger partial charge >= 0.3 is 0 Å². The van der Waals surface area contributed by atoms with Gasteiger partial charge in [-0.25, -0.2) is 9.37 Å². The average molecular weight is 266 g/mol. The van der Waals surface area contributed by atoms with Gasteiger partial charge in [-0.3, -0.25) is 0 Å². The van der Waals surface area contributed by atoms with Crippen molar-refractivity contribution in [2.75, 3.05) is 14.2 Å². The van der Waals surface area contributed by atoms with E-state index in [1.54, 1.807) is 12.1 Å². The number of rotatable bonds is 4. The highest BCUT2D eigenvalue weighted by atomic mass is 32.1. The van der Waals surface area contributed by atoms with Gasteiger partial charge in [0.2, 0.25) is 0 Å². The van der Waals surface area contributed by atoms with E-state index >= 15 is 0 Å². The van der Waals surface area contributed by atoms with E-state index in [9.17, 15) is 4.39 Å². The Morgan fingerprint density at radius 2 is 2.22 bits per heavy atom. The highest BCUT2D eigenvalue weighted by Gasteiger charge is 2.16. The lowest BCUT2D eigenvalue weighted by molar-refractivity contribution is 0.413. The Balaban J connectivity index is 2.46. The Morgan fingerprint density at radius 3 is 2.89 bits per heavy atom. The Kier molecular flexibility index (Phi) is 3.93. The summed E-state index contributed by atoms with van der Waals surface area (Å²) < 4.78 is 19.1. The van der Waals surface area contributed by atoms with Gasteiger partial charge in [-0.2, -0.15) is 0 Å². The van der Waals surface area contributed by atoms with Crippen molar-refractivity contribution < 1.29 is 9.13 Å². The van der Waals surface area contributed by atoms with E-state index in [4.69, 9.17) is 4.74 Å². The summed E-state index contributed by atoms with van der Waals surface area (Å²) in [7, 11) is 3.40. The fourth-order valence-corrected chi connectivity index (χ4v) is 2.59. The number of hydrogen-bond acceptors (Lipinski definition) is 4. The molecule has 1 aromatic carbocycles. The molecular formula is C13H15FN2OS. The predicted octanol–water partition coefficient (Wildman–Crippen LogP) is 3.24. The molecule has 3 nitrogen and oxygen atoms in total. The first-order valence-corrected chi connectivity index (χ1v) is 6.51. The second kappa shape index (κ2) is 5.46. The maximum absolute atomic E-state index is 13.9. The molecule has 0 fully saturated rings. The van der Waals surface area contributed by atoms with Crippen LogP contribution in [0.2, 0.25) is 0 Å². The third-order valence-electron chi connectivity index (χ3n) is 2.81. The molecule has 1 N–H and O–H groups in total. The Morgan fingerprint density at radius 1 is 1.44 bits per heavy atom. The molecule has 0 bridgehead atoms. The number of methoxy groups -OCH3 is 1. The van der Waals surface area contributed by atoms with Crippen LogP contribution in [-0.2, 0) is 0 Å². The Hall–Kier alpha value is -1.46. The fraction of sp³-hybridized carbons (Fsp3) is 0.308. The molecule has 1 unspecified atom stereocenters. The third-order valence-corrected chi connectivity index (χ3v) is 3.69. The number of ether oxygens (including phenoxy) is 1. The summed E-state index contributed by atoms with van der Waals surface area (Å²) >= 11 is 1.42. The van der Waals surface area contributed by atoms with Crippen LogP contribution in [0.5, 0.6) is 5.75 Å². The van der Waals surface area contributed by atoms with Gasteiger partial charge in [0.1, 0.15) is 16.6 Å². The average Bonchev–Trinajstić information content (AvgIpc) is 2.86. The molecule has 0 radical (unpaired) electrons.